The van der Waals surface area contributed by atoms with Gasteiger partial charge >= 0.3 is 5.97 Å². The molecule has 0 aliphatic carbocycles. The number of carbonyl (C=O) groups excluding carboxylic acids is 3. The van der Waals surface area contributed by atoms with Gasteiger partial charge in [0.25, 0.3) is 0 Å². The average Bonchev–Trinajstić information content (AvgIpc) is 2.23. The van der Waals surface area contributed by atoms with Crippen LogP contribution in [0.15, 0.2) is 0 Å². The van der Waals surface area contributed by atoms with Crippen LogP contribution in [0.4, 0.5) is 0 Å². The standard InChI is InChI=1S/C4H8N2O3.C4H8N2O2/c5-1-3(7)6-2-4(8)9;1-3(7)6-2-4(5)8/h1-2,5H2,(H,6,7)(H,8,9);2H2,1H3,(H2,5,8)(H,6,7). The number of nitrogens with two attached hydrogens (primary N) is 2. The summed E-state index contributed by atoms with van der Waals surface area (Å²) in [6.45, 7) is 0.710. The van der Waals surface area contributed by atoms with E-state index in [1.165, 1.54) is 6.92 Å². The summed E-state index contributed by atoms with van der Waals surface area (Å²) in [5, 5.41) is 12.3. The monoisotopic (exact) mass is 248 g/mol. The number of rotatable bonds is 5. The number of carbonyl (C=O) groups is 4. The van der Waals surface area contributed by atoms with Gasteiger partial charge in [-0.3, -0.25) is 19.2 Å². The molecule has 0 heterocycles. The van der Waals surface area contributed by atoms with Crippen molar-refractivity contribution in [3.8, 4) is 0 Å². The first kappa shape index (κ1) is 17.2. The molecule has 7 N–H and O–H groups in total. The minimum Gasteiger partial charge on any atom is -0.480 e. The van der Waals surface area contributed by atoms with E-state index in [-0.39, 0.29) is 25.5 Å². The van der Waals surface area contributed by atoms with Gasteiger partial charge in [0.05, 0.1) is 13.1 Å². The van der Waals surface area contributed by atoms with Crippen molar-refractivity contribution >= 4 is 23.7 Å². The predicted octanol–water partition coefficient (Wildman–Crippen LogP) is -3.25. The maximum atomic E-state index is 10.2. The molecule has 0 bridgehead atoms. The van der Waals surface area contributed by atoms with Crippen LogP contribution in [0.2, 0.25) is 0 Å². The minimum absolute atomic E-state index is 0.0741. The summed E-state index contributed by atoms with van der Waals surface area (Å²) >= 11 is 0. The highest BCUT2D eigenvalue weighted by Gasteiger charge is 1.98. The molecule has 17 heavy (non-hydrogen) atoms. The molecule has 0 fully saturated rings. The van der Waals surface area contributed by atoms with Crippen LogP contribution in [0.5, 0.6) is 0 Å². The predicted molar refractivity (Wildman–Crippen MR) is 57.6 cm³/mol. The zero-order chi connectivity index (χ0) is 13.8. The van der Waals surface area contributed by atoms with Gasteiger partial charge in [-0.25, -0.2) is 0 Å². The Morgan fingerprint density at radius 3 is 1.88 bits per heavy atom. The van der Waals surface area contributed by atoms with E-state index in [9.17, 15) is 19.2 Å². The number of aliphatic carboxylic acids is 1. The first-order valence-corrected chi connectivity index (χ1v) is 4.50. The molecule has 0 saturated carbocycles. The minimum atomic E-state index is -1.07. The van der Waals surface area contributed by atoms with Gasteiger partial charge in [-0.1, -0.05) is 0 Å². The molecule has 9 nitrogen and oxygen atoms in total. The van der Waals surface area contributed by atoms with Crippen LogP contribution in [-0.2, 0) is 19.2 Å². The van der Waals surface area contributed by atoms with Crippen molar-refractivity contribution in [3.05, 3.63) is 0 Å². The second-order valence-corrected chi connectivity index (χ2v) is 2.75. The van der Waals surface area contributed by atoms with Gasteiger partial charge in [-0.2, -0.15) is 0 Å². The van der Waals surface area contributed by atoms with Gasteiger partial charge < -0.3 is 27.2 Å². The molecule has 0 aromatic carbocycles. The Bertz CT molecular complexity index is 278. The van der Waals surface area contributed by atoms with Crippen LogP contribution < -0.4 is 22.1 Å². The van der Waals surface area contributed by atoms with Crippen LogP contribution >= 0.6 is 0 Å². The molecule has 0 atom stereocenters. The van der Waals surface area contributed by atoms with Gasteiger partial charge in [0.15, 0.2) is 0 Å². The molecule has 0 unspecified atom stereocenters. The third-order valence-electron chi connectivity index (χ3n) is 1.13. The van der Waals surface area contributed by atoms with Gasteiger partial charge in [-0.15, -0.1) is 0 Å². The van der Waals surface area contributed by atoms with E-state index in [0.29, 0.717) is 0 Å². The third kappa shape index (κ3) is 20.0. The number of hydrogen-bond donors (Lipinski definition) is 5. The Balaban J connectivity index is 0. The van der Waals surface area contributed by atoms with Gasteiger partial charge in [0.1, 0.15) is 6.54 Å². The molecule has 98 valence electrons. The topological polar surface area (TPSA) is 165 Å². The van der Waals surface area contributed by atoms with E-state index in [4.69, 9.17) is 10.8 Å². The lowest BCUT2D eigenvalue weighted by atomic mass is 10.5. The molecule has 0 aliphatic heterocycles. The third-order valence-corrected chi connectivity index (χ3v) is 1.13. The molecule has 0 saturated heterocycles. The van der Waals surface area contributed by atoms with Gasteiger partial charge in [-0.05, 0) is 0 Å². The fourth-order valence-electron chi connectivity index (χ4n) is 0.458. The molecular weight excluding hydrogens is 232 g/mol. The largest absolute Gasteiger partial charge is 0.480 e. The molecule has 0 aromatic rings. The van der Waals surface area contributed by atoms with Crippen LogP contribution in [0.1, 0.15) is 6.92 Å². The number of hydrogen-bond acceptors (Lipinski definition) is 5. The van der Waals surface area contributed by atoms with E-state index < -0.39 is 17.8 Å². The summed E-state index contributed by atoms with van der Waals surface area (Å²) in [5.41, 5.74) is 9.54. The maximum Gasteiger partial charge on any atom is 0.322 e. The Morgan fingerprint density at radius 1 is 1.12 bits per heavy atom. The molecule has 3 amide bonds. The molecule has 9 heteroatoms. The highest BCUT2D eigenvalue weighted by molar-refractivity contribution is 5.82. The summed E-state index contributed by atoms with van der Waals surface area (Å²) in [7, 11) is 0. The Hall–Kier alpha value is -2.16. The van der Waals surface area contributed by atoms with Crippen LogP contribution in [-0.4, -0.2) is 48.4 Å². The highest BCUT2D eigenvalue weighted by atomic mass is 16.4. The summed E-state index contributed by atoms with van der Waals surface area (Å²) < 4.78 is 0. The molecule has 0 aromatic heterocycles. The first-order chi connectivity index (χ1) is 7.79. The summed E-state index contributed by atoms with van der Waals surface area (Å²) in [5.74, 6) is -2.31. The molecule has 0 aliphatic rings. The fourth-order valence-corrected chi connectivity index (χ4v) is 0.458. The van der Waals surface area contributed by atoms with E-state index >= 15 is 0 Å². The first-order valence-electron chi connectivity index (χ1n) is 4.50. The van der Waals surface area contributed by atoms with Crippen molar-refractivity contribution in [2.24, 2.45) is 11.5 Å². The maximum absolute atomic E-state index is 10.2. The fraction of sp³-hybridized carbons (Fsp3) is 0.500. The average molecular weight is 248 g/mol. The van der Waals surface area contributed by atoms with Crippen molar-refractivity contribution in [2.45, 2.75) is 6.92 Å². The van der Waals surface area contributed by atoms with Gasteiger partial charge in [0, 0.05) is 6.92 Å². The van der Waals surface area contributed by atoms with Crippen molar-refractivity contribution in [3.63, 3.8) is 0 Å². The van der Waals surface area contributed by atoms with Crippen molar-refractivity contribution in [1.82, 2.24) is 10.6 Å². The number of amides is 3. The smallest absolute Gasteiger partial charge is 0.322 e. The molecule has 0 rings (SSSR count). The van der Waals surface area contributed by atoms with Crippen molar-refractivity contribution in [1.29, 1.82) is 0 Å². The molecule has 0 spiro atoms. The summed E-state index contributed by atoms with van der Waals surface area (Å²) in [6.07, 6.45) is 0. The normalized spacial score (nSPS) is 8.35. The van der Waals surface area contributed by atoms with Crippen molar-refractivity contribution in [2.75, 3.05) is 19.6 Å². The van der Waals surface area contributed by atoms with E-state index in [1.807, 2.05) is 0 Å². The number of carboxylic acid groups (broad SMARTS) is 1. The Kier molecular flexibility index (Phi) is 10.5. The lowest BCUT2D eigenvalue weighted by Crippen LogP contribution is -2.34. The van der Waals surface area contributed by atoms with Gasteiger partial charge in [0.2, 0.25) is 17.7 Å². The quantitative estimate of drug-likeness (QED) is 0.343. The SMILES string of the molecule is CC(=O)NCC(N)=O.NCC(=O)NCC(=O)O. The zero-order valence-corrected chi connectivity index (χ0v) is 9.36. The van der Waals surface area contributed by atoms with Crippen LogP contribution in [0.25, 0.3) is 0 Å². The van der Waals surface area contributed by atoms with Crippen LogP contribution in [0, 0.1) is 0 Å². The van der Waals surface area contributed by atoms with E-state index in [2.05, 4.69) is 16.4 Å². The van der Waals surface area contributed by atoms with Crippen LogP contribution in [0.3, 0.4) is 0 Å². The molecular formula is C8H16N4O5. The summed E-state index contributed by atoms with van der Waals surface area (Å²) in [4.78, 5) is 39.9. The van der Waals surface area contributed by atoms with E-state index in [1.54, 1.807) is 0 Å². The lowest BCUT2D eigenvalue weighted by Gasteiger charge is -1.95. The number of nitrogens with one attached hydrogen (secondary N) is 2. The number of primary amides is 1. The lowest BCUT2D eigenvalue weighted by molar-refractivity contribution is -0.137. The van der Waals surface area contributed by atoms with E-state index in [0.717, 1.165) is 0 Å². The highest BCUT2D eigenvalue weighted by Crippen LogP contribution is 1.60. The zero-order valence-electron chi connectivity index (χ0n) is 9.36. The Labute approximate surface area is 97.5 Å². The molecule has 0 radical (unpaired) electrons. The second-order valence-electron chi connectivity index (χ2n) is 2.75. The summed E-state index contributed by atoms with van der Waals surface area (Å²) in [6, 6.07) is 0. The van der Waals surface area contributed by atoms with Crippen molar-refractivity contribution < 1.29 is 24.3 Å². The number of carboxylic acids is 1. The Morgan fingerprint density at radius 2 is 1.65 bits per heavy atom. The second kappa shape index (κ2) is 10.4.